The summed E-state index contributed by atoms with van der Waals surface area (Å²) in [6, 6.07) is 5.07. The summed E-state index contributed by atoms with van der Waals surface area (Å²) in [7, 11) is 0. The van der Waals surface area contributed by atoms with Gasteiger partial charge < -0.3 is 5.32 Å². The van der Waals surface area contributed by atoms with Gasteiger partial charge in [0, 0.05) is 10.9 Å². The lowest BCUT2D eigenvalue weighted by Gasteiger charge is -2.17. The number of rotatable bonds is 11. The van der Waals surface area contributed by atoms with E-state index in [1.165, 1.54) is 60.0 Å². The van der Waals surface area contributed by atoms with Crippen molar-refractivity contribution in [2.45, 2.75) is 71.3 Å². The van der Waals surface area contributed by atoms with Gasteiger partial charge in [-0.25, -0.2) is 0 Å². The molecule has 0 aliphatic heterocycles. The molecule has 1 N–H and O–H groups in total. The van der Waals surface area contributed by atoms with Crippen LogP contribution >= 0.6 is 27.3 Å². The van der Waals surface area contributed by atoms with Crippen LogP contribution in [0.2, 0.25) is 0 Å². The van der Waals surface area contributed by atoms with Gasteiger partial charge in [0.2, 0.25) is 0 Å². The number of halogens is 1. The fourth-order valence-electron chi connectivity index (χ4n) is 2.44. The van der Waals surface area contributed by atoms with E-state index in [1.807, 2.05) is 11.3 Å². The summed E-state index contributed by atoms with van der Waals surface area (Å²) in [4.78, 5) is 1.49. The van der Waals surface area contributed by atoms with Crippen molar-refractivity contribution in [3.05, 3.63) is 20.8 Å². The van der Waals surface area contributed by atoms with E-state index in [0.717, 1.165) is 6.54 Å². The van der Waals surface area contributed by atoms with Crippen LogP contribution in [-0.2, 0) is 6.42 Å². The molecule has 1 unspecified atom stereocenters. The average Bonchev–Trinajstić information content (AvgIpc) is 2.79. The van der Waals surface area contributed by atoms with Crippen LogP contribution < -0.4 is 5.32 Å². The van der Waals surface area contributed by atoms with Crippen LogP contribution in [0.3, 0.4) is 0 Å². The fraction of sp³-hybridized carbons (Fsp3) is 0.750. The zero-order valence-electron chi connectivity index (χ0n) is 12.4. The molecule has 1 atom stereocenters. The van der Waals surface area contributed by atoms with Crippen molar-refractivity contribution in [2.24, 2.45) is 0 Å². The van der Waals surface area contributed by atoms with Crippen molar-refractivity contribution in [1.29, 1.82) is 0 Å². The average molecular weight is 346 g/mol. The minimum atomic E-state index is 0.654. The number of nitrogens with one attached hydrogen (secondary N) is 1. The van der Waals surface area contributed by atoms with E-state index in [0.29, 0.717) is 6.04 Å². The summed E-state index contributed by atoms with van der Waals surface area (Å²) < 4.78 is 1.25. The van der Waals surface area contributed by atoms with Gasteiger partial charge >= 0.3 is 0 Å². The van der Waals surface area contributed by atoms with Gasteiger partial charge in [-0.3, -0.25) is 0 Å². The molecular weight excluding hydrogens is 318 g/mol. The van der Waals surface area contributed by atoms with E-state index in [4.69, 9.17) is 0 Å². The summed E-state index contributed by atoms with van der Waals surface area (Å²) in [6.07, 6.45) is 10.8. The van der Waals surface area contributed by atoms with Gasteiger partial charge in [-0.15, -0.1) is 11.3 Å². The standard InChI is InChI=1S/C16H28BrNS/c1-3-5-6-7-8-9-10-14(18-4-2)13-15-11-12-16(17)19-15/h11-12,14,18H,3-10,13H2,1-2H3. The Kier molecular flexibility index (Phi) is 9.84. The van der Waals surface area contributed by atoms with Gasteiger partial charge in [-0.2, -0.15) is 0 Å². The molecular formula is C16H28BrNS. The molecule has 0 saturated carbocycles. The van der Waals surface area contributed by atoms with Crippen molar-refractivity contribution in [2.75, 3.05) is 6.54 Å². The molecule has 0 saturated heterocycles. The Morgan fingerprint density at radius 1 is 1.11 bits per heavy atom. The molecule has 0 aliphatic rings. The Labute approximate surface area is 131 Å². The van der Waals surface area contributed by atoms with Crippen LogP contribution in [0, 0.1) is 0 Å². The highest BCUT2D eigenvalue weighted by Gasteiger charge is 2.09. The van der Waals surface area contributed by atoms with Crippen molar-refractivity contribution in [3.63, 3.8) is 0 Å². The summed E-state index contributed by atoms with van der Waals surface area (Å²) in [5.41, 5.74) is 0. The Morgan fingerprint density at radius 3 is 2.47 bits per heavy atom. The molecule has 0 amide bonds. The molecule has 1 aromatic rings. The van der Waals surface area contributed by atoms with Crippen molar-refractivity contribution in [3.8, 4) is 0 Å². The molecule has 3 heteroatoms. The first-order valence-corrected chi connectivity index (χ1v) is 9.34. The van der Waals surface area contributed by atoms with E-state index < -0.39 is 0 Å². The van der Waals surface area contributed by atoms with Gasteiger partial charge in [0.1, 0.15) is 0 Å². The number of hydrogen-bond acceptors (Lipinski definition) is 2. The molecule has 110 valence electrons. The van der Waals surface area contributed by atoms with Crippen LogP contribution in [0.5, 0.6) is 0 Å². The van der Waals surface area contributed by atoms with Crippen LogP contribution in [0.15, 0.2) is 15.9 Å². The maximum Gasteiger partial charge on any atom is 0.0701 e. The van der Waals surface area contributed by atoms with E-state index in [9.17, 15) is 0 Å². The highest BCUT2D eigenvalue weighted by atomic mass is 79.9. The second-order valence-corrected chi connectivity index (χ2v) is 7.77. The van der Waals surface area contributed by atoms with Crippen LogP contribution in [-0.4, -0.2) is 12.6 Å². The molecule has 0 fully saturated rings. The maximum absolute atomic E-state index is 3.63. The first-order valence-electron chi connectivity index (χ1n) is 7.73. The third kappa shape index (κ3) is 8.11. The molecule has 19 heavy (non-hydrogen) atoms. The number of unbranched alkanes of at least 4 members (excludes halogenated alkanes) is 5. The highest BCUT2D eigenvalue weighted by Crippen LogP contribution is 2.24. The Balaban J connectivity index is 2.20. The zero-order chi connectivity index (χ0) is 13.9. The second-order valence-electron chi connectivity index (χ2n) is 5.22. The fourth-order valence-corrected chi connectivity index (χ4v) is 4.00. The van der Waals surface area contributed by atoms with Crippen molar-refractivity contribution < 1.29 is 0 Å². The van der Waals surface area contributed by atoms with E-state index in [1.54, 1.807) is 0 Å². The summed E-state index contributed by atoms with van der Waals surface area (Å²) in [5.74, 6) is 0. The monoisotopic (exact) mass is 345 g/mol. The summed E-state index contributed by atoms with van der Waals surface area (Å²) in [6.45, 7) is 5.56. The second kappa shape index (κ2) is 10.9. The molecule has 0 aliphatic carbocycles. The molecule has 1 nitrogen and oxygen atoms in total. The van der Waals surface area contributed by atoms with E-state index >= 15 is 0 Å². The molecule has 0 radical (unpaired) electrons. The normalized spacial score (nSPS) is 12.8. The number of likely N-dealkylation sites (N-methyl/N-ethyl adjacent to an activating group) is 1. The van der Waals surface area contributed by atoms with Crippen molar-refractivity contribution in [1.82, 2.24) is 5.32 Å². The molecule has 1 rings (SSSR count). The minimum absolute atomic E-state index is 0.654. The lowest BCUT2D eigenvalue weighted by molar-refractivity contribution is 0.461. The van der Waals surface area contributed by atoms with Gasteiger partial charge in [-0.05, 0) is 47.4 Å². The predicted octanol–water partition coefficient (Wildman–Crippen LogP) is 5.78. The van der Waals surface area contributed by atoms with Crippen molar-refractivity contribution >= 4 is 27.3 Å². The quantitative estimate of drug-likeness (QED) is 0.501. The van der Waals surface area contributed by atoms with Gasteiger partial charge in [0.15, 0.2) is 0 Å². The summed E-state index contributed by atoms with van der Waals surface area (Å²) in [5, 5.41) is 3.63. The van der Waals surface area contributed by atoms with Gasteiger partial charge in [-0.1, -0.05) is 52.4 Å². The third-order valence-corrected chi connectivity index (χ3v) is 5.12. The largest absolute Gasteiger partial charge is 0.314 e. The van der Waals surface area contributed by atoms with Crippen LogP contribution in [0.1, 0.15) is 63.7 Å². The van der Waals surface area contributed by atoms with Crippen LogP contribution in [0.25, 0.3) is 0 Å². The SMILES string of the molecule is CCCCCCCCC(Cc1ccc(Br)s1)NCC. The Morgan fingerprint density at radius 2 is 1.84 bits per heavy atom. The first kappa shape index (κ1) is 17.2. The van der Waals surface area contributed by atoms with Crippen LogP contribution in [0.4, 0.5) is 0 Å². The Hall–Kier alpha value is 0.140. The van der Waals surface area contributed by atoms with E-state index in [2.05, 4.69) is 47.2 Å². The molecule has 0 spiro atoms. The molecule has 1 heterocycles. The third-order valence-electron chi connectivity index (χ3n) is 3.48. The minimum Gasteiger partial charge on any atom is -0.314 e. The van der Waals surface area contributed by atoms with E-state index in [-0.39, 0.29) is 0 Å². The van der Waals surface area contributed by atoms with Gasteiger partial charge in [0.25, 0.3) is 0 Å². The molecule has 1 aromatic heterocycles. The predicted molar refractivity (Wildman–Crippen MR) is 91.2 cm³/mol. The highest BCUT2D eigenvalue weighted by molar-refractivity contribution is 9.11. The lowest BCUT2D eigenvalue weighted by Crippen LogP contribution is -2.30. The number of hydrogen-bond donors (Lipinski definition) is 1. The molecule has 0 aromatic carbocycles. The topological polar surface area (TPSA) is 12.0 Å². The molecule has 0 bridgehead atoms. The Bertz CT molecular complexity index is 324. The lowest BCUT2D eigenvalue weighted by atomic mass is 10.0. The zero-order valence-corrected chi connectivity index (χ0v) is 14.8. The number of thiophene rings is 1. The van der Waals surface area contributed by atoms with Gasteiger partial charge in [0.05, 0.1) is 3.79 Å². The first-order chi connectivity index (χ1) is 9.26. The summed E-state index contributed by atoms with van der Waals surface area (Å²) >= 11 is 5.42. The smallest absolute Gasteiger partial charge is 0.0701 e. The maximum atomic E-state index is 3.63.